The molecule has 172 valence electrons. The third-order valence-electron chi connectivity index (χ3n) is 6.06. The molecule has 33 heavy (non-hydrogen) atoms. The van der Waals surface area contributed by atoms with Crippen LogP contribution in [0.5, 0.6) is 0 Å². The third-order valence-corrected chi connectivity index (χ3v) is 6.80. The Balaban J connectivity index is 1.76. The van der Waals surface area contributed by atoms with Crippen LogP contribution < -0.4 is 5.32 Å². The monoisotopic (exact) mass is 462 g/mol. The average Bonchev–Trinajstić information content (AvgIpc) is 3.33. The molecule has 0 saturated heterocycles. The Bertz CT molecular complexity index is 1140. The van der Waals surface area contributed by atoms with Crippen LogP contribution in [-0.2, 0) is 6.42 Å². The largest absolute Gasteiger partial charge is 0.334 e. The molecular formula is C26H30N4O2S. The minimum atomic E-state index is -0.359. The first kappa shape index (κ1) is 23.1. The van der Waals surface area contributed by atoms with Gasteiger partial charge in [0, 0.05) is 22.7 Å². The van der Waals surface area contributed by atoms with Gasteiger partial charge in [0.1, 0.15) is 0 Å². The summed E-state index contributed by atoms with van der Waals surface area (Å²) in [5, 5.41) is 7.43. The smallest absolute Gasteiger partial charge is 0.322 e. The summed E-state index contributed by atoms with van der Waals surface area (Å²) in [5.41, 5.74) is 4.84. The lowest BCUT2D eigenvalue weighted by Gasteiger charge is -2.35. The van der Waals surface area contributed by atoms with Crippen molar-refractivity contribution in [3.63, 3.8) is 0 Å². The molecule has 0 bridgehead atoms. The molecule has 6 nitrogen and oxygen atoms in total. The van der Waals surface area contributed by atoms with E-state index in [1.165, 1.54) is 10.5 Å². The lowest BCUT2D eigenvalue weighted by atomic mass is 9.94. The van der Waals surface area contributed by atoms with Crippen molar-refractivity contribution in [2.45, 2.75) is 51.0 Å². The number of aromatic nitrogens is 2. The molecule has 2 aromatic carbocycles. The molecule has 0 fully saturated rings. The SMILES string of the molecule is CCCCN1C(=O)NC(c2ccc(SC)cc2)C(c2nc(-c3ccc(CC)cc3)no2)=C1C. The van der Waals surface area contributed by atoms with E-state index in [2.05, 4.69) is 48.6 Å². The van der Waals surface area contributed by atoms with Gasteiger partial charge in [0.25, 0.3) is 5.89 Å². The molecule has 1 N–H and O–H groups in total. The van der Waals surface area contributed by atoms with Crippen LogP contribution in [0.15, 0.2) is 63.6 Å². The van der Waals surface area contributed by atoms with E-state index >= 15 is 0 Å². The number of nitrogens with one attached hydrogen (secondary N) is 1. The van der Waals surface area contributed by atoms with Gasteiger partial charge in [0.05, 0.1) is 11.6 Å². The van der Waals surface area contributed by atoms with E-state index in [1.54, 1.807) is 16.7 Å². The summed E-state index contributed by atoms with van der Waals surface area (Å²) in [6, 6.07) is 16.0. The third kappa shape index (κ3) is 4.83. The molecule has 2 heterocycles. The standard InChI is InChI=1S/C26H30N4O2S/c1-5-7-16-30-17(3)22(23(27-26(30)31)19-12-14-21(33-4)15-13-19)25-28-24(29-32-25)20-10-8-18(6-2)9-11-20/h8-15,23H,5-7,16H2,1-4H3,(H,27,31). The molecule has 1 atom stereocenters. The average molecular weight is 463 g/mol. The highest BCUT2D eigenvalue weighted by Crippen LogP contribution is 2.37. The summed E-state index contributed by atoms with van der Waals surface area (Å²) in [5.74, 6) is 0.976. The minimum absolute atomic E-state index is 0.0986. The quantitative estimate of drug-likeness (QED) is 0.397. The topological polar surface area (TPSA) is 71.3 Å². The fraction of sp³-hybridized carbons (Fsp3) is 0.346. The first-order valence-electron chi connectivity index (χ1n) is 11.4. The van der Waals surface area contributed by atoms with Gasteiger partial charge in [0.15, 0.2) is 0 Å². The number of allylic oxidation sites excluding steroid dienone is 1. The molecule has 1 aliphatic rings. The van der Waals surface area contributed by atoms with Crippen LogP contribution in [0.4, 0.5) is 4.79 Å². The highest BCUT2D eigenvalue weighted by molar-refractivity contribution is 7.98. The number of thioether (sulfide) groups is 1. The number of amides is 2. The summed E-state index contributed by atoms with van der Waals surface area (Å²) < 4.78 is 5.77. The van der Waals surface area contributed by atoms with Crippen LogP contribution in [-0.4, -0.2) is 33.9 Å². The fourth-order valence-corrected chi connectivity index (χ4v) is 4.44. The van der Waals surface area contributed by atoms with E-state index in [0.717, 1.165) is 41.7 Å². The zero-order valence-electron chi connectivity index (χ0n) is 19.6. The molecular weight excluding hydrogens is 432 g/mol. The minimum Gasteiger partial charge on any atom is -0.334 e. The maximum atomic E-state index is 13.0. The Labute approximate surface area is 199 Å². The summed E-state index contributed by atoms with van der Waals surface area (Å²) in [7, 11) is 0. The number of rotatable bonds is 8. The van der Waals surface area contributed by atoms with Crippen molar-refractivity contribution in [2.24, 2.45) is 0 Å². The lowest BCUT2D eigenvalue weighted by Crippen LogP contribution is -2.46. The Morgan fingerprint density at radius 2 is 1.82 bits per heavy atom. The predicted molar refractivity (Wildman–Crippen MR) is 133 cm³/mol. The number of nitrogens with zero attached hydrogens (tertiary/aromatic N) is 3. The van der Waals surface area contributed by atoms with E-state index in [-0.39, 0.29) is 12.1 Å². The molecule has 0 radical (unpaired) electrons. The lowest BCUT2D eigenvalue weighted by molar-refractivity contribution is 0.204. The van der Waals surface area contributed by atoms with Crippen LogP contribution in [0, 0.1) is 0 Å². The van der Waals surface area contributed by atoms with E-state index in [0.29, 0.717) is 18.3 Å². The summed E-state index contributed by atoms with van der Waals surface area (Å²) in [4.78, 5) is 20.7. The predicted octanol–water partition coefficient (Wildman–Crippen LogP) is 6.32. The van der Waals surface area contributed by atoms with Gasteiger partial charge < -0.3 is 9.84 Å². The van der Waals surface area contributed by atoms with Crippen LogP contribution in [0.3, 0.4) is 0 Å². The van der Waals surface area contributed by atoms with Crippen molar-refractivity contribution in [1.82, 2.24) is 20.4 Å². The summed E-state index contributed by atoms with van der Waals surface area (Å²) >= 11 is 1.69. The molecule has 0 saturated carbocycles. The Kier molecular flexibility index (Phi) is 7.18. The second-order valence-electron chi connectivity index (χ2n) is 8.13. The Morgan fingerprint density at radius 3 is 2.45 bits per heavy atom. The van der Waals surface area contributed by atoms with Gasteiger partial charge >= 0.3 is 6.03 Å². The van der Waals surface area contributed by atoms with Crippen LogP contribution in [0.1, 0.15) is 56.7 Å². The Morgan fingerprint density at radius 1 is 1.09 bits per heavy atom. The highest BCUT2D eigenvalue weighted by Gasteiger charge is 2.35. The zero-order valence-corrected chi connectivity index (χ0v) is 20.4. The van der Waals surface area contributed by atoms with E-state index in [4.69, 9.17) is 9.51 Å². The zero-order chi connectivity index (χ0) is 23.4. The van der Waals surface area contributed by atoms with E-state index in [9.17, 15) is 4.79 Å². The normalized spacial score (nSPS) is 16.3. The maximum Gasteiger partial charge on any atom is 0.322 e. The number of hydrogen-bond donors (Lipinski definition) is 1. The molecule has 3 aromatic rings. The van der Waals surface area contributed by atoms with Gasteiger partial charge in [-0.1, -0.05) is 61.8 Å². The van der Waals surface area contributed by atoms with Gasteiger partial charge in [-0.3, -0.25) is 4.90 Å². The molecule has 1 unspecified atom stereocenters. The van der Waals surface area contributed by atoms with Crippen molar-refractivity contribution in [2.75, 3.05) is 12.8 Å². The van der Waals surface area contributed by atoms with E-state index < -0.39 is 0 Å². The molecule has 1 aliphatic heterocycles. The first-order valence-corrected chi connectivity index (χ1v) is 12.6. The molecule has 2 amide bonds. The van der Waals surface area contributed by atoms with E-state index in [1.807, 2.05) is 37.4 Å². The van der Waals surface area contributed by atoms with Gasteiger partial charge in [-0.2, -0.15) is 4.98 Å². The van der Waals surface area contributed by atoms with Crippen molar-refractivity contribution >= 4 is 23.4 Å². The number of urea groups is 1. The van der Waals surface area contributed by atoms with Crippen molar-refractivity contribution in [3.05, 3.63) is 71.2 Å². The van der Waals surface area contributed by atoms with Crippen molar-refractivity contribution < 1.29 is 9.32 Å². The molecule has 1 aromatic heterocycles. The first-order chi connectivity index (χ1) is 16.0. The number of hydrogen-bond acceptors (Lipinski definition) is 5. The van der Waals surface area contributed by atoms with Crippen LogP contribution in [0.25, 0.3) is 17.0 Å². The molecule has 4 rings (SSSR count). The molecule has 0 spiro atoms. The van der Waals surface area contributed by atoms with Gasteiger partial charge in [-0.15, -0.1) is 11.8 Å². The summed E-state index contributed by atoms with van der Waals surface area (Å²) in [6.07, 6.45) is 4.95. The van der Waals surface area contributed by atoms with Gasteiger partial charge in [-0.05, 0) is 49.3 Å². The number of unbranched alkanes of at least 4 members (excludes halogenated alkanes) is 1. The number of carbonyl (C=O) groups excluding carboxylic acids is 1. The van der Waals surface area contributed by atoms with Crippen LogP contribution in [0.2, 0.25) is 0 Å². The highest BCUT2D eigenvalue weighted by atomic mass is 32.2. The summed E-state index contributed by atoms with van der Waals surface area (Å²) in [6.45, 7) is 6.86. The second-order valence-corrected chi connectivity index (χ2v) is 9.01. The second kappa shape index (κ2) is 10.3. The number of aryl methyl sites for hydroxylation is 1. The number of carbonyl (C=O) groups is 1. The van der Waals surface area contributed by atoms with Gasteiger partial charge in [-0.25, -0.2) is 4.79 Å². The number of benzene rings is 2. The van der Waals surface area contributed by atoms with Crippen molar-refractivity contribution in [3.8, 4) is 11.4 Å². The van der Waals surface area contributed by atoms with Crippen molar-refractivity contribution in [1.29, 1.82) is 0 Å². The Hall–Kier alpha value is -3.06. The molecule has 7 heteroatoms. The van der Waals surface area contributed by atoms with Crippen LogP contribution >= 0.6 is 11.8 Å². The fourth-order valence-electron chi connectivity index (χ4n) is 4.03. The molecule has 0 aliphatic carbocycles. The maximum absolute atomic E-state index is 13.0. The van der Waals surface area contributed by atoms with Gasteiger partial charge in [0.2, 0.25) is 5.82 Å².